The average molecular weight is 315 g/mol. The minimum absolute atomic E-state index is 1.10. The number of hydrogen-bond acceptors (Lipinski definition) is 6. The molecule has 6 nitrogen and oxygen atoms in total. The van der Waals surface area contributed by atoms with Crippen molar-refractivity contribution >= 4 is 0 Å². The van der Waals surface area contributed by atoms with Crippen molar-refractivity contribution < 1.29 is 0 Å². The molecule has 22 heavy (non-hydrogen) atoms. The standard InChI is InChI=1S/C9H21N3.C7H17N3/c1-10-4-6-11(2)8-9-12(3)7-5-10;1-10-6-4-8-2-3-9-5-7-10/h4-9H2,1-3H3;8-9H,2-7H2,1H3. The van der Waals surface area contributed by atoms with E-state index in [1.54, 1.807) is 0 Å². The summed E-state index contributed by atoms with van der Waals surface area (Å²) in [4.78, 5) is 9.54. The van der Waals surface area contributed by atoms with Crippen molar-refractivity contribution in [2.24, 2.45) is 0 Å². The Morgan fingerprint density at radius 3 is 1.00 bits per heavy atom. The van der Waals surface area contributed by atoms with Crippen molar-refractivity contribution in [3.05, 3.63) is 0 Å². The predicted octanol–water partition coefficient (Wildman–Crippen LogP) is -1.09. The molecule has 0 bridgehead atoms. The Morgan fingerprint density at radius 2 is 0.682 bits per heavy atom. The van der Waals surface area contributed by atoms with Crippen LogP contribution in [0, 0.1) is 0 Å². The molecule has 0 atom stereocenters. The van der Waals surface area contributed by atoms with E-state index in [-0.39, 0.29) is 0 Å². The topological polar surface area (TPSA) is 37.0 Å². The third-order valence-corrected chi connectivity index (χ3v) is 4.41. The lowest BCUT2D eigenvalue weighted by Gasteiger charge is -2.18. The first-order valence-corrected chi connectivity index (χ1v) is 8.73. The third kappa shape index (κ3) is 10.5. The summed E-state index contributed by atoms with van der Waals surface area (Å²) in [6.07, 6.45) is 0. The second-order valence-corrected chi connectivity index (χ2v) is 6.71. The van der Waals surface area contributed by atoms with Crippen LogP contribution in [0.15, 0.2) is 0 Å². The first kappa shape index (κ1) is 19.8. The molecule has 2 aliphatic rings. The van der Waals surface area contributed by atoms with Crippen LogP contribution in [-0.2, 0) is 0 Å². The molecule has 0 saturated carbocycles. The van der Waals surface area contributed by atoms with Gasteiger partial charge in [-0.05, 0) is 28.2 Å². The predicted molar refractivity (Wildman–Crippen MR) is 95.7 cm³/mol. The minimum Gasteiger partial charge on any atom is -0.314 e. The van der Waals surface area contributed by atoms with Crippen LogP contribution >= 0.6 is 0 Å². The molecule has 2 fully saturated rings. The summed E-state index contributed by atoms with van der Waals surface area (Å²) in [6.45, 7) is 14.0. The molecule has 2 aliphatic heterocycles. The number of rotatable bonds is 0. The van der Waals surface area contributed by atoms with E-state index in [1.165, 1.54) is 52.4 Å². The van der Waals surface area contributed by atoms with Gasteiger partial charge in [0.2, 0.25) is 0 Å². The highest BCUT2D eigenvalue weighted by molar-refractivity contribution is 4.65. The van der Waals surface area contributed by atoms with Crippen LogP contribution in [0.2, 0.25) is 0 Å². The maximum Gasteiger partial charge on any atom is 0.0107 e. The molecule has 0 radical (unpaired) electrons. The van der Waals surface area contributed by atoms with Gasteiger partial charge in [0.05, 0.1) is 0 Å². The van der Waals surface area contributed by atoms with Gasteiger partial charge in [-0.3, -0.25) is 0 Å². The van der Waals surface area contributed by atoms with E-state index >= 15 is 0 Å². The van der Waals surface area contributed by atoms with Crippen LogP contribution in [0.1, 0.15) is 0 Å². The van der Waals surface area contributed by atoms with Crippen molar-refractivity contribution in [1.29, 1.82) is 0 Å². The van der Waals surface area contributed by atoms with Gasteiger partial charge in [0.25, 0.3) is 0 Å². The van der Waals surface area contributed by atoms with Crippen molar-refractivity contribution in [2.45, 2.75) is 0 Å². The molecular weight excluding hydrogens is 276 g/mol. The van der Waals surface area contributed by atoms with E-state index in [1.807, 2.05) is 0 Å². The maximum atomic E-state index is 3.35. The molecular formula is C16H38N6. The summed E-state index contributed by atoms with van der Waals surface area (Å²) in [5, 5.41) is 6.71. The molecule has 0 aliphatic carbocycles. The summed E-state index contributed by atoms with van der Waals surface area (Å²) >= 11 is 0. The Labute approximate surface area is 137 Å². The first-order valence-electron chi connectivity index (χ1n) is 8.73. The van der Waals surface area contributed by atoms with Gasteiger partial charge in [-0.15, -0.1) is 0 Å². The molecule has 0 aromatic rings. The lowest BCUT2D eigenvalue weighted by atomic mass is 10.5. The van der Waals surface area contributed by atoms with Crippen molar-refractivity contribution in [3.8, 4) is 0 Å². The Kier molecular flexibility index (Phi) is 11.0. The Hall–Kier alpha value is -0.240. The average Bonchev–Trinajstić information content (AvgIpc) is 2.66. The fraction of sp³-hybridized carbons (Fsp3) is 1.00. The van der Waals surface area contributed by atoms with Crippen LogP contribution < -0.4 is 10.6 Å². The molecule has 0 unspecified atom stereocenters. The van der Waals surface area contributed by atoms with Gasteiger partial charge in [-0.25, -0.2) is 0 Å². The number of nitrogens with one attached hydrogen (secondary N) is 2. The van der Waals surface area contributed by atoms with E-state index in [9.17, 15) is 0 Å². The fourth-order valence-corrected chi connectivity index (χ4v) is 2.44. The zero-order chi connectivity index (χ0) is 16.2. The molecule has 0 spiro atoms. The van der Waals surface area contributed by atoms with E-state index in [2.05, 4.69) is 58.4 Å². The maximum absolute atomic E-state index is 3.35. The van der Waals surface area contributed by atoms with Crippen LogP contribution in [0.4, 0.5) is 0 Å². The summed E-state index contributed by atoms with van der Waals surface area (Å²) in [6, 6.07) is 0. The highest BCUT2D eigenvalue weighted by Gasteiger charge is 2.08. The molecule has 132 valence electrons. The SMILES string of the molecule is CN1CCN(C)CCN(C)CC1.CN1CCNCCNCC1. The second kappa shape index (κ2) is 12.2. The molecule has 2 N–H and O–H groups in total. The molecule has 2 heterocycles. The Morgan fingerprint density at radius 1 is 0.409 bits per heavy atom. The van der Waals surface area contributed by atoms with Crippen LogP contribution in [0.3, 0.4) is 0 Å². The number of hydrogen-bond donors (Lipinski definition) is 2. The first-order chi connectivity index (χ1) is 10.6. The molecule has 0 aromatic heterocycles. The van der Waals surface area contributed by atoms with E-state index < -0.39 is 0 Å². The summed E-state index contributed by atoms with van der Waals surface area (Å²) < 4.78 is 0. The van der Waals surface area contributed by atoms with Crippen molar-refractivity contribution in [3.63, 3.8) is 0 Å². The van der Waals surface area contributed by atoms with Crippen LogP contribution in [-0.4, -0.2) is 126 Å². The normalized spacial score (nSPS) is 25.6. The molecule has 2 rings (SSSR count). The Bertz CT molecular complexity index is 217. The van der Waals surface area contributed by atoms with Crippen LogP contribution in [0.25, 0.3) is 0 Å². The van der Waals surface area contributed by atoms with Gasteiger partial charge in [0.15, 0.2) is 0 Å². The highest BCUT2D eigenvalue weighted by atomic mass is 15.2. The largest absolute Gasteiger partial charge is 0.314 e. The van der Waals surface area contributed by atoms with Gasteiger partial charge >= 0.3 is 0 Å². The van der Waals surface area contributed by atoms with E-state index in [0.29, 0.717) is 0 Å². The van der Waals surface area contributed by atoms with Gasteiger partial charge < -0.3 is 30.2 Å². The molecule has 2 saturated heterocycles. The van der Waals surface area contributed by atoms with Gasteiger partial charge in [0.1, 0.15) is 0 Å². The summed E-state index contributed by atoms with van der Waals surface area (Å²) in [5.41, 5.74) is 0. The fourth-order valence-electron chi connectivity index (χ4n) is 2.44. The quantitative estimate of drug-likeness (QED) is 0.592. The monoisotopic (exact) mass is 314 g/mol. The second-order valence-electron chi connectivity index (χ2n) is 6.71. The highest BCUT2D eigenvalue weighted by Crippen LogP contribution is 1.93. The van der Waals surface area contributed by atoms with Crippen LogP contribution in [0.5, 0.6) is 0 Å². The minimum atomic E-state index is 1.10. The lowest BCUT2D eigenvalue weighted by Crippen LogP contribution is -2.31. The summed E-state index contributed by atoms with van der Waals surface area (Å²) in [7, 11) is 8.77. The molecule has 0 aromatic carbocycles. The van der Waals surface area contributed by atoms with E-state index in [4.69, 9.17) is 0 Å². The van der Waals surface area contributed by atoms with Crippen molar-refractivity contribution in [2.75, 3.05) is 107 Å². The van der Waals surface area contributed by atoms with Gasteiger partial charge in [-0.2, -0.15) is 0 Å². The Balaban J connectivity index is 0.000000224. The smallest absolute Gasteiger partial charge is 0.0107 e. The molecule has 6 heteroatoms. The molecule has 0 amide bonds. The number of nitrogens with zero attached hydrogens (tertiary/aromatic N) is 4. The van der Waals surface area contributed by atoms with Crippen molar-refractivity contribution in [1.82, 2.24) is 30.2 Å². The summed E-state index contributed by atoms with van der Waals surface area (Å²) in [5.74, 6) is 0. The van der Waals surface area contributed by atoms with Gasteiger partial charge in [0, 0.05) is 78.5 Å². The van der Waals surface area contributed by atoms with Gasteiger partial charge in [-0.1, -0.05) is 0 Å². The number of likely N-dealkylation sites (N-methyl/N-ethyl adjacent to an activating group) is 4. The van der Waals surface area contributed by atoms with E-state index in [0.717, 1.165) is 26.2 Å². The zero-order valence-corrected chi connectivity index (χ0v) is 15.3. The zero-order valence-electron chi connectivity index (χ0n) is 15.3. The lowest BCUT2D eigenvalue weighted by molar-refractivity contribution is 0.277. The third-order valence-electron chi connectivity index (χ3n) is 4.41.